The molecule has 0 spiro atoms. The van der Waals surface area contributed by atoms with Crippen molar-refractivity contribution in [1.29, 1.82) is 0 Å². The monoisotopic (exact) mass is 225 g/mol. The highest BCUT2D eigenvalue weighted by Crippen LogP contribution is 2.24. The largest absolute Gasteiger partial charge is 0.465 e. The first-order valence-electron chi connectivity index (χ1n) is 5.71. The molecule has 0 fully saturated rings. The van der Waals surface area contributed by atoms with Gasteiger partial charge in [0.25, 0.3) is 0 Å². The van der Waals surface area contributed by atoms with Crippen LogP contribution in [0, 0.1) is 12.3 Å². The van der Waals surface area contributed by atoms with Crippen molar-refractivity contribution in [2.75, 3.05) is 13.7 Å². The van der Waals surface area contributed by atoms with E-state index in [4.69, 9.17) is 4.42 Å². The lowest BCUT2D eigenvalue weighted by molar-refractivity contribution is 0.0571. The summed E-state index contributed by atoms with van der Waals surface area (Å²) in [5.41, 5.74) is 0.0607. The molecule has 1 unspecified atom stereocenters. The van der Waals surface area contributed by atoms with Gasteiger partial charge in [0.2, 0.25) is 0 Å². The summed E-state index contributed by atoms with van der Waals surface area (Å²) in [6, 6.07) is 4.09. The number of aliphatic hydroxyl groups excluding tert-OH is 1. The minimum Gasteiger partial charge on any atom is -0.465 e. The van der Waals surface area contributed by atoms with E-state index in [0.717, 1.165) is 18.1 Å². The Morgan fingerprint density at radius 1 is 1.38 bits per heavy atom. The third kappa shape index (κ3) is 3.35. The number of aliphatic hydroxyl groups is 1. The van der Waals surface area contributed by atoms with Gasteiger partial charge >= 0.3 is 0 Å². The normalized spacial score (nSPS) is 14.4. The third-order valence-corrected chi connectivity index (χ3v) is 2.91. The number of aryl methyl sites for hydroxylation is 1. The summed E-state index contributed by atoms with van der Waals surface area (Å²) in [5, 5.41) is 9.44. The van der Waals surface area contributed by atoms with Gasteiger partial charge in [0.05, 0.1) is 13.2 Å². The second-order valence-electron chi connectivity index (χ2n) is 5.49. The van der Waals surface area contributed by atoms with Crippen molar-refractivity contribution in [3.63, 3.8) is 0 Å². The maximum atomic E-state index is 9.44. The van der Waals surface area contributed by atoms with Crippen molar-refractivity contribution in [3.8, 4) is 0 Å². The average molecular weight is 225 g/mol. The highest BCUT2D eigenvalue weighted by molar-refractivity contribution is 5.05. The second kappa shape index (κ2) is 5.02. The maximum Gasteiger partial charge on any atom is 0.118 e. The Kier molecular flexibility index (Phi) is 4.16. The Labute approximate surface area is 98.1 Å². The van der Waals surface area contributed by atoms with Gasteiger partial charge in [-0.1, -0.05) is 20.8 Å². The number of rotatable bonds is 4. The van der Waals surface area contributed by atoms with Crippen LogP contribution < -0.4 is 0 Å². The van der Waals surface area contributed by atoms with Gasteiger partial charge < -0.3 is 9.52 Å². The van der Waals surface area contributed by atoms with Crippen LogP contribution in [0.25, 0.3) is 0 Å². The Balaban J connectivity index is 2.66. The standard InChI is InChI=1S/C13H23NO2/c1-10-6-7-11(16-10)8-14(5)12(9-15)13(2,3)4/h6-7,12,15H,8-9H2,1-5H3. The Bertz CT molecular complexity index is 325. The molecule has 1 N–H and O–H groups in total. The Hall–Kier alpha value is -0.800. The molecule has 0 aliphatic heterocycles. The molecule has 0 aliphatic rings. The summed E-state index contributed by atoms with van der Waals surface area (Å²) >= 11 is 0. The number of likely N-dealkylation sites (N-methyl/N-ethyl adjacent to an activating group) is 1. The minimum absolute atomic E-state index is 0.0607. The maximum absolute atomic E-state index is 9.44. The van der Waals surface area contributed by atoms with Crippen molar-refractivity contribution in [2.45, 2.75) is 40.3 Å². The first-order chi connectivity index (χ1) is 7.34. The predicted octanol–water partition coefficient (Wildman–Crippen LogP) is 2.43. The van der Waals surface area contributed by atoms with Gasteiger partial charge in [-0.2, -0.15) is 0 Å². The number of nitrogens with zero attached hydrogens (tertiary/aromatic N) is 1. The van der Waals surface area contributed by atoms with Crippen molar-refractivity contribution in [2.24, 2.45) is 5.41 Å². The first-order valence-corrected chi connectivity index (χ1v) is 5.71. The van der Waals surface area contributed by atoms with Crippen LogP contribution in [-0.2, 0) is 6.54 Å². The Morgan fingerprint density at radius 3 is 2.38 bits per heavy atom. The molecule has 0 radical (unpaired) electrons. The molecule has 0 amide bonds. The zero-order chi connectivity index (χ0) is 12.3. The molecule has 92 valence electrons. The van der Waals surface area contributed by atoms with E-state index >= 15 is 0 Å². The van der Waals surface area contributed by atoms with E-state index in [1.165, 1.54) is 0 Å². The van der Waals surface area contributed by atoms with E-state index in [-0.39, 0.29) is 18.1 Å². The summed E-state index contributed by atoms with van der Waals surface area (Å²) < 4.78 is 5.54. The number of furan rings is 1. The van der Waals surface area contributed by atoms with E-state index < -0.39 is 0 Å². The minimum atomic E-state index is 0.0607. The summed E-state index contributed by atoms with van der Waals surface area (Å²) in [6.07, 6.45) is 0. The smallest absolute Gasteiger partial charge is 0.118 e. The molecule has 1 heterocycles. The fourth-order valence-electron chi connectivity index (χ4n) is 2.00. The van der Waals surface area contributed by atoms with Crippen LogP contribution in [0.2, 0.25) is 0 Å². The zero-order valence-corrected chi connectivity index (χ0v) is 10.9. The first kappa shape index (κ1) is 13.3. The second-order valence-corrected chi connectivity index (χ2v) is 5.49. The van der Waals surface area contributed by atoms with E-state index in [2.05, 4.69) is 25.7 Å². The van der Waals surface area contributed by atoms with Crippen LogP contribution in [0.5, 0.6) is 0 Å². The summed E-state index contributed by atoms with van der Waals surface area (Å²) in [4.78, 5) is 2.14. The highest BCUT2D eigenvalue weighted by atomic mass is 16.3. The molecule has 1 atom stereocenters. The van der Waals surface area contributed by atoms with Gasteiger partial charge in [-0.15, -0.1) is 0 Å². The van der Waals surface area contributed by atoms with E-state index in [9.17, 15) is 5.11 Å². The van der Waals surface area contributed by atoms with Gasteiger partial charge in [-0.3, -0.25) is 4.90 Å². The molecule has 0 aliphatic carbocycles. The molecule has 0 aromatic carbocycles. The van der Waals surface area contributed by atoms with E-state index in [1.807, 2.05) is 26.1 Å². The van der Waals surface area contributed by atoms with Crippen LogP contribution in [-0.4, -0.2) is 29.7 Å². The van der Waals surface area contributed by atoms with Crippen LogP contribution in [0.1, 0.15) is 32.3 Å². The van der Waals surface area contributed by atoms with Gasteiger partial charge in [0.1, 0.15) is 11.5 Å². The predicted molar refractivity (Wildman–Crippen MR) is 65.2 cm³/mol. The van der Waals surface area contributed by atoms with Gasteiger partial charge in [0.15, 0.2) is 0 Å². The highest BCUT2D eigenvalue weighted by Gasteiger charge is 2.27. The number of hydrogen-bond donors (Lipinski definition) is 1. The van der Waals surface area contributed by atoms with Gasteiger partial charge in [-0.05, 0) is 31.5 Å². The van der Waals surface area contributed by atoms with Gasteiger partial charge in [0, 0.05) is 6.04 Å². The van der Waals surface area contributed by atoms with Crippen LogP contribution in [0.4, 0.5) is 0 Å². The molecule has 0 bridgehead atoms. The van der Waals surface area contributed by atoms with E-state index in [0.29, 0.717) is 0 Å². The summed E-state index contributed by atoms with van der Waals surface area (Å²) in [6.45, 7) is 9.25. The molecule has 1 rings (SSSR count). The third-order valence-electron chi connectivity index (χ3n) is 2.91. The summed E-state index contributed by atoms with van der Waals surface area (Å²) in [5.74, 6) is 1.88. The topological polar surface area (TPSA) is 36.6 Å². The summed E-state index contributed by atoms with van der Waals surface area (Å²) in [7, 11) is 2.02. The molecular formula is C13H23NO2. The van der Waals surface area contributed by atoms with Crippen molar-refractivity contribution in [3.05, 3.63) is 23.7 Å². The van der Waals surface area contributed by atoms with Crippen LogP contribution in [0.3, 0.4) is 0 Å². The molecule has 3 heteroatoms. The number of hydrogen-bond acceptors (Lipinski definition) is 3. The molecular weight excluding hydrogens is 202 g/mol. The lowest BCUT2D eigenvalue weighted by Crippen LogP contribution is -2.43. The van der Waals surface area contributed by atoms with Crippen LogP contribution in [0.15, 0.2) is 16.5 Å². The fourth-order valence-corrected chi connectivity index (χ4v) is 2.00. The average Bonchev–Trinajstić information content (AvgIpc) is 2.49. The van der Waals surface area contributed by atoms with Crippen molar-refractivity contribution < 1.29 is 9.52 Å². The van der Waals surface area contributed by atoms with Crippen LogP contribution >= 0.6 is 0 Å². The Morgan fingerprint density at radius 2 is 2.00 bits per heavy atom. The molecule has 0 saturated carbocycles. The molecule has 3 nitrogen and oxygen atoms in total. The molecule has 1 aromatic rings. The SMILES string of the molecule is Cc1ccc(CN(C)C(CO)C(C)(C)C)o1. The zero-order valence-electron chi connectivity index (χ0n) is 10.9. The van der Waals surface area contributed by atoms with Crippen molar-refractivity contribution >= 4 is 0 Å². The molecule has 16 heavy (non-hydrogen) atoms. The lowest BCUT2D eigenvalue weighted by atomic mass is 9.86. The van der Waals surface area contributed by atoms with Crippen molar-refractivity contribution in [1.82, 2.24) is 4.90 Å². The molecule has 1 aromatic heterocycles. The lowest BCUT2D eigenvalue weighted by Gasteiger charge is -2.36. The molecule has 0 saturated heterocycles. The fraction of sp³-hybridized carbons (Fsp3) is 0.692. The van der Waals surface area contributed by atoms with Gasteiger partial charge in [-0.25, -0.2) is 0 Å². The quantitative estimate of drug-likeness (QED) is 0.855. The van der Waals surface area contributed by atoms with E-state index in [1.54, 1.807) is 0 Å².